The fourth-order valence-corrected chi connectivity index (χ4v) is 1.63. The van der Waals surface area contributed by atoms with Gasteiger partial charge in [-0.1, -0.05) is 20.8 Å². The standard InChI is InChI=1S/C13H19N3O3/c1-13(2,3)8-16(4)12(19)15-10-5-9(11(17)18)6-14-7-10/h5-7H,8H2,1-4H3,(H,15,19)(H,17,18). The van der Waals surface area contributed by atoms with Crippen LogP contribution in [0.1, 0.15) is 31.1 Å². The largest absolute Gasteiger partial charge is 0.478 e. The Hall–Kier alpha value is -2.11. The highest BCUT2D eigenvalue weighted by molar-refractivity contribution is 5.92. The number of rotatable bonds is 3. The number of nitrogens with zero attached hydrogens (tertiary/aromatic N) is 2. The molecule has 2 N–H and O–H groups in total. The lowest BCUT2D eigenvalue weighted by Crippen LogP contribution is -2.37. The molecule has 0 aliphatic heterocycles. The summed E-state index contributed by atoms with van der Waals surface area (Å²) in [5.74, 6) is -1.08. The molecule has 6 heteroatoms. The van der Waals surface area contributed by atoms with Crippen LogP contribution < -0.4 is 5.32 Å². The van der Waals surface area contributed by atoms with Crippen molar-refractivity contribution >= 4 is 17.7 Å². The van der Waals surface area contributed by atoms with Crippen LogP contribution in [0.5, 0.6) is 0 Å². The van der Waals surface area contributed by atoms with Crippen molar-refractivity contribution in [1.82, 2.24) is 9.88 Å². The summed E-state index contributed by atoms with van der Waals surface area (Å²) in [6.07, 6.45) is 2.64. The number of hydrogen-bond donors (Lipinski definition) is 2. The van der Waals surface area contributed by atoms with Crippen LogP contribution in [0, 0.1) is 5.41 Å². The molecule has 1 rings (SSSR count). The van der Waals surface area contributed by atoms with Gasteiger partial charge in [-0.05, 0) is 11.5 Å². The van der Waals surface area contributed by atoms with Gasteiger partial charge >= 0.3 is 12.0 Å². The first kappa shape index (κ1) is 14.9. The predicted molar refractivity (Wildman–Crippen MR) is 72.3 cm³/mol. The van der Waals surface area contributed by atoms with Gasteiger partial charge < -0.3 is 15.3 Å². The molecular weight excluding hydrogens is 246 g/mol. The van der Waals surface area contributed by atoms with E-state index < -0.39 is 5.97 Å². The van der Waals surface area contributed by atoms with E-state index in [0.29, 0.717) is 12.2 Å². The molecule has 0 fully saturated rings. The summed E-state index contributed by atoms with van der Waals surface area (Å²) < 4.78 is 0. The molecule has 0 unspecified atom stereocenters. The van der Waals surface area contributed by atoms with Crippen molar-refractivity contribution in [3.63, 3.8) is 0 Å². The number of amides is 2. The van der Waals surface area contributed by atoms with Crippen LogP contribution in [0.15, 0.2) is 18.5 Å². The Balaban J connectivity index is 2.71. The van der Waals surface area contributed by atoms with Crippen LogP contribution >= 0.6 is 0 Å². The van der Waals surface area contributed by atoms with Crippen LogP contribution in [0.2, 0.25) is 0 Å². The molecule has 6 nitrogen and oxygen atoms in total. The molecule has 0 aliphatic rings. The molecule has 0 saturated carbocycles. The summed E-state index contributed by atoms with van der Waals surface area (Å²) >= 11 is 0. The van der Waals surface area contributed by atoms with Gasteiger partial charge in [0.05, 0.1) is 17.4 Å². The minimum atomic E-state index is -1.08. The van der Waals surface area contributed by atoms with Gasteiger partial charge in [0.1, 0.15) is 0 Å². The maximum Gasteiger partial charge on any atom is 0.337 e. The quantitative estimate of drug-likeness (QED) is 0.878. The Morgan fingerprint density at radius 1 is 1.37 bits per heavy atom. The van der Waals surface area contributed by atoms with Crippen LogP contribution in [0.3, 0.4) is 0 Å². The molecule has 19 heavy (non-hydrogen) atoms. The number of hydrogen-bond acceptors (Lipinski definition) is 3. The number of anilines is 1. The molecule has 0 atom stereocenters. The Labute approximate surface area is 112 Å². The number of carboxylic acid groups (broad SMARTS) is 1. The molecule has 1 heterocycles. The van der Waals surface area contributed by atoms with Gasteiger partial charge in [0, 0.05) is 19.8 Å². The number of aromatic carboxylic acids is 1. The van der Waals surface area contributed by atoms with E-state index in [0.717, 1.165) is 0 Å². The average molecular weight is 265 g/mol. The predicted octanol–water partition coefficient (Wildman–Crippen LogP) is 2.29. The number of pyridine rings is 1. The topological polar surface area (TPSA) is 82.5 Å². The molecular formula is C13H19N3O3. The summed E-state index contributed by atoms with van der Waals surface area (Å²) in [5.41, 5.74) is 0.398. The van der Waals surface area contributed by atoms with Crippen molar-refractivity contribution in [3.8, 4) is 0 Å². The van der Waals surface area contributed by atoms with Crippen molar-refractivity contribution in [3.05, 3.63) is 24.0 Å². The fraction of sp³-hybridized carbons (Fsp3) is 0.462. The molecule has 2 amide bonds. The third-order valence-corrected chi connectivity index (χ3v) is 2.29. The molecule has 0 spiro atoms. The van der Waals surface area contributed by atoms with Gasteiger partial charge in [-0.3, -0.25) is 4.98 Å². The summed E-state index contributed by atoms with van der Waals surface area (Å²) in [6.45, 7) is 6.68. The molecule has 0 bridgehead atoms. The van der Waals surface area contributed by atoms with E-state index in [1.54, 1.807) is 11.9 Å². The summed E-state index contributed by atoms with van der Waals surface area (Å²) in [6, 6.07) is 1.08. The minimum absolute atomic E-state index is 0.00669. The monoisotopic (exact) mass is 265 g/mol. The van der Waals surface area contributed by atoms with Crippen molar-refractivity contribution < 1.29 is 14.7 Å². The highest BCUT2D eigenvalue weighted by atomic mass is 16.4. The van der Waals surface area contributed by atoms with Gasteiger partial charge in [-0.15, -0.1) is 0 Å². The van der Waals surface area contributed by atoms with E-state index in [9.17, 15) is 9.59 Å². The lowest BCUT2D eigenvalue weighted by molar-refractivity contribution is 0.0696. The van der Waals surface area contributed by atoms with Crippen LogP contribution in [-0.2, 0) is 0 Å². The second-order valence-corrected chi connectivity index (χ2v) is 5.61. The number of urea groups is 1. The molecule has 104 valence electrons. The van der Waals surface area contributed by atoms with Gasteiger partial charge in [0.25, 0.3) is 0 Å². The summed E-state index contributed by atoms with van der Waals surface area (Å²) in [5, 5.41) is 11.5. The number of carboxylic acids is 1. The zero-order valence-corrected chi connectivity index (χ0v) is 11.6. The van der Waals surface area contributed by atoms with Crippen molar-refractivity contribution in [2.24, 2.45) is 5.41 Å². The molecule has 0 aromatic carbocycles. The third-order valence-electron chi connectivity index (χ3n) is 2.29. The first-order valence-corrected chi connectivity index (χ1v) is 5.89. The average Bonchev–Trinajstić information content (AvgIpc) is 2.27. The highest BCUT2D eigenvalue weighted by Gasteiger charge is 2.18. The fourth-order valence-electron chi connectivity index (χ4n) is 1.63. The second kappa shape index (κ2) is 5.69. The van der Waals surface area contributed by atoms with Crippen molar-refractivity contribution in [2.45, 2.75) is 20.8 Å². The Bertz CT molecular complexity index is 480. The van der Waals surface area contributed by atoms with E-state index in [1.165, 1.54) is 18.5 Å². The highest BCUT2D eigenvalue weighted by Crippen LogP contribution is 2.15. The summed E-state index contributed by atoms with van der Waals surface area (Å²) in [4.78, 5) is 28.0. The van der Waals surface area contributed by atoms with Crippen LogP contribution in [0.4, 0.5) is 10.5 Å². The first-order valence-electron chi connectivity index (χ1n) is 5.89. The zero-order valence-electron chi connectivity index (χ0n) is 11.6. The van der Waals surface area contributed by atoms with Crippen LogP contribution in [-0.4, -0.2) is 40.6 Å². The van der Waals surface area contributed by atoms with Gasteiger partial charge in [0.15, 0.2) is 0 Å². The smallest absolute Gasteiger partial charge is 0.337 e. The lowest BCUT2D eigenvalue weighted by atomic mass is 9.96. The summed E-state index contributed by atoms with van der Waals surface area (Å²) in [7, 11) is 1.69. The maximum atomic E-state index is 11.9. The van der Waals surface area contributed by atoms with Crippen molar-refractivity contribution in [1.29, 1.82) is 0 Å². The van der Waals surface area contributed by atoms with E-state index in [2.05, 4.69) is 10.3 Å². The van der Waals surface area contributed by atoms with E-state index >= 15 is 0 Å². The maximum absolute atomic E-state index is 11.9. The van der Waals surface area contributed by atoms with Gasteiger partial charge in [-0.25, -0.2) is 9.59 Å². The van der Waals surface area contributed by atoms with E-state index in [4.69, 9.17) is 5.11 Å². The SMILES string of the molecule is CN(CC(C)(C)C)C(=O)Nc1cncc(C(=O)O)c1. The Morgan fingerprint density at radius 3 is 2.53 bits per heavy atom. The second-order valence-electron chi connectivity index (χ2n) is 5.61. The van der Waals surface area contributed by atoms with Crippen LogP contribution in [0.25, 0.3) is 0 Å². The minimum Gasteiger partial charge on any atom is -0.478 e. The Kier molecular flexibility index (Phi) is 4.47. The molecule has 1 aromatic rings. The normalized spacial score (nSPS) is 10.9. The molecule has 0 aliphatic carbocycles. The number of nitrogens with one attached hydrogen (secondary N) is 1. The molecule has 0 saturated heterocycles. The number of carbonyl (C=O) groups excluding carboxylic acids is 1. The number of carbonyl (C=O) groups is 2. The van der Waals surface area contributed by atoms with Gasteiger partial charge in [-0.2, -0.15) is 0 Å². The third kappa shape index (κ3) is 4.95. The van der Waals surface area contributed by atoms with Crippen molar-refractivity contribution in [2.75, 3.05) is 18.9 Å². The van der Waals surface area contributed by atoms with Gasteiger partial charge in [0.2, 0.25) is 0 Å². The zero-order chi connectivity index (χ0) is 14.6. The van der Waals surface area contributed by atoms with E-state index in [1.807, 2.05) is 20.8 Å². The van der Waals surface area contributed by atoms with E-state index in [-0.39, 0.29) is 17.0 Å². The molecule has 0 radical (unpaired) electrons. The first-order chi connectivity index (χ1) is 8.69. The number of aromatic nitrogens is 1. The lowest BCUT2D eigenvalue weighted by Gasteiger charge is -2.26. The molecule has 1 aromatic heterocycles. The Morgan fingerprint density at radius 2 is 2.00 bits per heavy atom.